The SMILES string of the molecule is CC(N)=O.[C-]#[N+]c1ccc(-c2coc(C)n2)cc1.[C-]#[N+]c1ccc(-c2nc(C)oc2Br)cc1.[C-]#[N+]c1ccc(-c2nc(CBr)oc2Br)cc1.[C-]#[N+]c1ccc(-c2nc(CN=[N+]=[N-])oc2Br)cc1.[C-]#[N+]c1ccc(C(=O)CBr)cc1. The van der Waals surface area contributed by atoms with Crippen molar-refractivity contribution in [2.75, 3.05) is 5.33 Å². The van der Waals surface area contributed by atoms with Crippen LogP contribution in [-0.2, 0) is 16.7 Å². The molecule has 0 aliphatic heterocycles. The van der Waals surface area contributed by atoms with Crippen molar-refractivity contribution in [2.24, 2.45) is 10.8 Å². The van der Waals surface area contributed by atoms with E-state index in [1.807, 2.05) is 36.4 Å². The molecule has 0 unspecified atom stereocenters. The van der Waals surface area contributed by atoms with Gasteiger partial charge in [-0.1, -0.05) is 158 Å². The second-order valence-electron chi connectivity index (χ2n) is 15.1. The molecule has 4 heterocycles. The molecule has 24 heteroatoms. The van der Waals surface area contributed by atoms with Crippen molar-refractivity contribution in [3.05, 3.63) is 238 Å². The molecule has 79 heavy (non-hydrogen) atoms. The van der Waals surface area contributed by atoms with Crippen LogP contribution in [0.4, 0.5) is 28.4 Å². The van der Waals surface area contributed by atoms with Crippen molar-refractivity contribution < 1.29 is 27.3 Å². The average molecular weight is 1380 g/mol. The maximum Gasteiger partial charge on any atom is 0.214 e. The lowest BCUT2D eigenvalue weighted by Crippen LogP contribution is -2.01. The number of nitrogens with two attached hydrogens (primary N) is 1. The summed E-state index contributed by atoms with van der Waals surface area (Å²) in [4.78, 5) is 56.4. The number of alkyl halides is 2. The zero-order chi connectivity index (χ0) is 57.9. The van der Waals surface area contributed by atoms with Crippen LogP contribution < -0.4 is 5.73 Å². The number of aromatic nitrogens is 4. The van der Waals surface area contributed by atoms with E-state index >= 15 is 0 Å². The monoisotopic (exact) mass is 1370 g/mol. The quantitative estimate of drug-likeness (QED) is 0.0358. The van der Waals surface area contributed by atoms with Crippen LogP contribution in [0.3, 0.4) is 0 Å². The Kier molecular flexibility index (Phi) is 26.0. The minimum Gasteiger partial charge on any atom is -0.449 e. The first kappa shape index (κ1) is 62.8. The summed E-state index contributed by atoms with van der Waals surface area (Å²) in [6.07, 6.45) is 1.61. The van der Waals surface area contributed by atoms with Crippen molar-refractivity contribution in [3.8, 4) is 45.0 Å². The van der Waals surface area contributed by atoms with Gasteiger partial charge >= 0.3 is 0 Å². The third-order valence-corrected chi connectivity index (χ3v) is 12.1. The Bertz CT molecular complexity index is 3740. The number of carbonyl (C=O) groups excluding carboxylic acids is 2. The van der Waals surface area contributed by atoms with Gasteiger partial charge in [-0.3, -0.25) is 9.59 Å². The number of Topliss-reactive ketones (excluding diaryl/α,β-unsaturated/α-hetero) is 1. The molecular weight excluding hydrogens is 1340 g/mol. The molecule has 4 aromatic heterocycles. The summed E-state index contributed by atoms with van der Waals surface area (Å²) < 4.78 is 22.8. The number of hydrogen-bond donors (Lipinski definition) is 1. The number of amides is 1. The number of ketones is 1. The fourth-order valence-corrected chi connectivity index (χ4v) is 8.05. The predicted molar refractivity (Wildman–Crippen MR) is 317 cm³/mol. The Labute approximate surface area is 495 Å². The van der Waals surface area contributed by atoms with E-state index in [9.17, 15) is 9.59 Å². The van der Waals surface area contributed by atoms with Crippen LogP contribution in [0.1, 0.15) is 40.8 Å². The van der Waals surface area contributed by atoms with E-state index in [-0.39, 0.29) is 18.2 Å². The van der Waals surface area contributed by atoms with Gasteiger partial charge in [0.05, 0.1) is 43.5 Å². The second-order valence-corrected chi connectivity index (χ2v) is 18.3. The first-order valence-corrected chi connectivity index (χ1v) is 26.8. The highest BCUT2D eigenvalue weighted by Crippen LogP contribution is 2.33. The average Bonchev–Trinajstić information content (AvgIpc) is 4.28. The van der Waals surface area contributed by atoms with Crippen LogP contribution in [-0.4, -0.2) is 37.0 Å². The molecule has 0 spiro atoms. The highest BCUT2D eigenvalue weighted by molar-refractivity contribution is 9.11. The van der Waals surface area contributed by atoms with Gasteiger partial charge < -0.3 is 23.4 Å². The number of azide groups is 1. The first-order chi connectivity index (χ1) is 38.0. The summed E-state index contributed by atoms with van der Waals surface area (Å²) in [6.45, 7) is 39.1. The molecule has 19 nitrogen and oxygen atoms in total. The maximum absolute atomic E-state index is 11.1. The van der Waals surface area contributed by atoms with Gasteiger partial charge in [-0.25, -0.2) is 44.2 Å². The number of halogens is 5. The fourth-order valence-electron chi connectivity index (χ4n) is 5.92. The lowest BCUT2D eigenvalue weighted by atomic mass is 10.1. The van der Waals surface area contributed by atoms with E-state index in [1.165, 1.54) is 6.92 Å². The molecule has 9 rings (SSSR count). The van der Waals surface area contributed by atoms with Gasteiger partial charge in [0.1, 0.15) is 35.6 Å². The van der Waals surface area contributed by atoms with E-state index in [4.69, 9.17) is 56.1 Å². The van der Waals surface area contributed by atoms with E-state index < -0.39 is 0 Å². The Balaban J connectivity index is 0.000000210. The third-order valence-electron chi connectivity index (χ3n) is 9.50. The minimum absolute atomic E-state index is 0.0338. The molecule has 0 bridgehead atoms. The third kappa shape index (κ3) is 20.3. The number of oxazole rings is 4. The van der Waals surface area contributed by atoms with Crippen LogP contribution in [0.2, 0.25) is 0 Å². The van der Waals surface area contributed by atoms with E-state index in [0.29, 0.717) is 87.9 Å². The standard InChI is InChI=1S/C11H6Br2N2O.C11H6BrN5O.C11H7BrN2O.C11H8N2O.C9H6BrNO.C2H5NO/c1-14-8-4-2-7(3-5-8)10-11(13)16-9(6-12)15-10;1-14-8-4-2-7(3-5-8)10-11(12)18-9(16-10)6-15-17-13;1-7-14-10(11(12)15-7)8-3-5-9(13-2)6-4-8;1-8-13-11(7-14-8)9-3-5-10(12-2)6-4-9;1-11-8-4-2-7(3-5-8)9(12)6-10;1-2(3)4/h2-5H,6H2;2-5H,6H2;3-6H,1H3;3-7H,1H3;2-5H,6H2;1H3,(H2,3,4). The molecule has 2 N–H and O–H groups in total. The lowest BCUT2D eigenvalue weighted by molar-refractivity contribution is -0.115. The molecule has 0 radical (unpaired) electrons. The first-order valence-electron chi connectivity index (χ1n) is 22.2. The Morgan fingerprint density at radius 2 is 0.899 bits per heavy atom. The van der Waals surface area contributed by atoms with Crippen LogP contribution in [0.15, 0.2) is 164 Å². The smallest absolute Gasteiger partial charge is 0.214 e. The molecule has 5 aromatic carbocycles. The Morgan fingerprint density at radius 1 is 0.544 bits per heavy atom. The van der Waals surface area contributed by atoms with Crippen LogP contribution in [0, 0.1) is 46.7 Å². The Morgan fingerprint density at radius 3 is 1.22 bits per heavy atom. The molecule has 1 amide bonds. The highest BCUT2D eigenvalue weighted by atomic mass is 79.9. The molecule has 0 saturated carbocycles. The van der Waals surface area contributed by atoms with Crippen molar-refractivity contribution in [2.45, 2.75) is 32.6 Å². The van der Waals surface area contributed by atoms with Gasteiger partial charge in [0.2, 0.25) is 17.7 Å². The summed E-state index contributed by atoms with van der Waals surface area (Å²) in [7, 11) is 0. The molecule has 0 fully saturated rings. The summed E-state index contributed by atoms with van der Waals surface area (Å²) in [5.74, 6) is 1.92. The number of aryl methyl sites for hydroxylation is 2. The van der Waals surface area contributed by atoms with E-state index in [2.05, 4.69) is 140 Å². The molecule has 9 aromatic rings. The lowest BCUT2D eigenvalue weighted by Gasteiger charge is -1.96. The summed E-state index contributed by atoms with van der Waals surface area (Å²) in [5.41, 5.74) is 22.9. The van der Waals surface area contributed by atoms with Gasteiger partial charge in [-0.2, -0.15) is 0 Å². The van der Waals surface area contributed by atoms with Gasteiger partial charge in [-0.05, 0) is 53.3 Å². The summed E-state index contributed by atoms with van der Waals surface area (Å²) in [5, 5.41) is 4.28. The number of hydrogen-bond acceptors (Lipinski definition) is 11. The molecule has 0 aliphatic carbocycles. The van der Waals surface area contributed by atoms with Crippen molar-refractivity contribution >= 4 is 120 Å². The van der Waals surface area contributed by atoms with E-state index in [0.717, 1.165) is 39.3 Å². The topological polar surface area (TPSA) is 235 Å². The number of benzene rings is 5. The van der Waals surface area contributed by atoms with Crippen molar-refractivity contribution in [1.29, 1.82) is 0 Å². The molecular formula is C55H38Br5N13O6. The minimum atomic E-state index is -0.333. The summed E-state index contributed by atoms with van der Waals surface area (Å²) >= 11 is 16.2. The number of carbonyl (C=O) groups is 2. The maximum atomic E-state index is 11.1. The second kappa shape index (κ2) is 32.7. The predicted octanol–water partition coefficient (Wildman–Crippen LogP) is 18.5. The number of primary amides is 1. The van der Waals surface area contributed by atoms with Crippen molar-refractivity contribution in [1.82, 2.24) is 19.9 Å². The van der Waals surface area contributed by atoms with Gasteiger partial charge in [0.15, 0.2) is 60.0 Å². The van der Waals surface area contributed by atoms with E-state index in [1.54, 1.807) is 105 Å². The zero-order valence-corrected chi connectivity index (χ0v) is 49.5. The van der Waals surface area contributed by atoms with Crippen LogP contribution in [0.25, 0.3) is 79.7 Å². The zero-order valence-electron chi connectivity index (χ0n) is 41.5. The van der Waals surface area contributed by atoms with Crippen molar-refractivity contribution in [3.63, 3.8) is 0 Å². The normalized spacial score (nSPS) is 9.51. The molecule has 0 aliphatic rings. The van der Waals surface area contributed by atoms with Gasteiger partial charge in [0.25, 0.3) is 0 Å². The van der Waals surface area contributed by atoms with Crippen LogP contribution >= 0.6 is 79.6 Å². The molecule has 0 saturated heterocycles. The molecule has 394 valence electrons. The molecule has 0 atom stereocenters. The number of rotatable bonds is 9. The van der Waals surface area contributed by atoms with Crippen LogP contribution in [0.5, 0.6) is 0 Å². The largest absolute Gasteiger partial charge is 0.449 e. The highest BCUT2D eigenvalue weighted by Gasteiger charge is 2.14. The Hall–Kier alpha value is -8.76. The van der Waals surface area contributed by atoms with Gasteiger partial charge in [0, 0.05) is 53.5 Å². The fraction of sp³-hybridized carbons (Fsp3) is 0.109. The van der Waals surface area contributed by atoms with Gasteiger partial charge in [-0.15, -0.1) is 0 Å². The summed E-state index contributed by atoms with van der Waals surface area (Å²) in [6, 6.07) is 35.3. The number of nitrogens with zero attached hydrogens (tertiary/aromatic N) is 12.